The third-order valence-corrected chi connectivity index (χ3v) is 5.93. The Hall–Kier alpha value is -3.35. The molecule has 3 aromatic rings. The predicted octanol–water partition coefficient (Wildman–Crippen LogP) is 5.38. The van der Waals surface area contributed by atoms with E-state index >= 15 is 0 Å². The minimum absolute atomic E-state index is 0.187. The molecule has 3 aromatic carbocycles. The van der Waals surface area contributed by atoms with Crippen LogP contribution in [0.3, 0.4) is 0 Å². The number of para-hydroxylation sites is 1. The highest BCUT2D eigenvalue weighted by Gasteiger charge is 2.40. The summed E-state index contributed by atoms with van der Waals surface area (Å²) in [7, 11) is 0. The molecule has 5 nitrogen and oxygen atoms in total. The molecule has 0 spiro atoms. The molecule has 0 atom stereocenters. The molecular weight excluding hydrogens is 432 g/mol. The van der Waals surface area contributed by atoms with Gasteiger partial charge in [0.05, 0.1) is 16.2 Å². The van der Waals surface area contributed by atoms with Crippen LogP contribution >= 0.6 is 23.4 Å². The van der Waals surface area contributed by atoms with E-state index in [9.17, 15) is 14.4 Å². The Labute approximate surface area is 188 Å². The van der Waals surface area contributed by atoms with Crippen molar-refractivity contribution in [2.24, 2.45) is 0 Å². The second-order valence-corrected chi connectivity index (χ2v) is 8.32. The van der Waals surface area contributed by atoms with E-state index in [4.69, 9.17) is 11.6 Å². The maximum absolute atomic E-state index is 13.4. The molecule has 3 amide bonds. The van der Waals surface area contributed by atoms with Gasteiger partial charge in [0.1, 0.15) is 0 Å². The molecule has 0 saturated carbocycles. The van der Waals surface area contributed by atoms with Crippen LogP contribution in [0.25, 0.3) is 5.57 Å². The van der Waals surface area contributed by atoms with E-state index in [1.54, 1.807) is 72.8 Å². The zero-order valence-electron chi connectivity index (χ0n) is 16.5. The molecule has 1 aliphatic heterocycles. The lowest BCUT2D eigenvalue weighted by Gasteiger charge is -2.15. The van der Waals surface area contributed by atoms with Crippen LogP contribution in [0.1, 0.15) is 12.5 Å². The van der Waals surface area contributed by atoms with Crippen LogP contribution in [0.5, 0.6) is 0 Å². The lowest BCUT2D eigenvalue weighted by Crippen LogP contribution is -2.31. The summed E-state index contributed by atoms with van der Waals surface area (Å²) in [5, 5.41) is 3.29. The van der Waals surface area contributed by atoms with Gasteiger partial charge in [-0.2, -0.15) is 0 Å². The molecular formula is C24H17ClN2O3S. The van der Waals surface area contributed by atoms with Gasteiger partial charge in [-0.3, -0.25) is 14.4 Å². The Kier molecular flexibility index (Phi) is 5.93. The molecule has 1 heterocycles. The van der Waals surface area contributed by atoms with Crippen LogP contribution in [-0.2, 0) is 14.4 Å². The first-order chi connectivity index (χ1) is 14.9. The van der Waals surface area contributed by atoms with E-state index in [2.05, 4.69) is 5.32 Å². The first-order valence-corrected chi connectivity index (χ1v) is 10.6. The zero-order valence-corrected chi connectivity index (χ0v) is 18.0. The summed E-state index contributed by atoms with van der Waals surface area (Å²) in [5.41, 5.74) is 2.04. The van der Waals surface area contributed by atoms with Crippen molar-refractivity contribution in [2.75, 3.05) is 10.2 Å². The summed E-state index contributed by atoms with van der Waals surface area (Å²) in [4.78, 5) is 40.3. The van der Waals surface area contributed by atoms with E-state index in [0.717, 1.165) is 4.90 Å². The van der Waals surface area contributed by atoms with E-state index in [0.29, 0.717) is 32.4 Å². The van der Waals surface area contributed by atoms with E-state index in [1.807, 2.05) is 6.07 Å². The Morgan fingerprint density at radius 1 is 0.871 bits per heavy atom. The second-order valence-electron chi connectivity index (χ2n) is 6.80. The number of thioether (sulfide) groups is 1. The molecule has 0 fully saturated rings. The number of hydrogen-bond donors (Lipinski definition) is 1. The quantitative estimate of drug-likeness (QED) is 0.532. The fourth-order valence-electron chi connectivity index (χ4n) is 3.21. The molecule has 1 aliphatic rings. The van der Waals surface area contributed by atoms with E-state index < -0.39 is 0 Å². The van der Waals surface area contributed by atoms with Crippen molar-refractivity contribution < 1.29 is 14.4 Å². The van der Waals surface area contributed by atoms with E-state index in [1.165, 1.54) is 23.6 Å². The van der Waals surface area contributed by atoms with Crippen molar-refractivity contribution in [1.82, 2.24) is 0 Å². The van der Waals surface area contributed by atoms with Crippen LogP contribution in [0.15, 0.2) is 88.7 Å². The van der Waals surface area contributed by atoms with Gasteiger partial charge in [0, 0.05) is 22.5 Å². The summed E-state index contributed by atoms with van der Waals surface area (Å²) < 4.78 is 0. The molecule has 0 radical (unpaired) electrons. The predicted molar refractivity (Wildman–Crippen MR) is 124 cm³/mol. The summed E-state index contributed by atoms with van der Waals surface area (Å²) in [6, 6.07) is 22.8. The molecule has 0 aliphatic carbocycles. The van der Waals surface area contributed by atoms with Gasteiger partial charge in [0.25, 0.3) is 11.8 Å². The smallest absolute Gasteiger partial charge is 0.272 e. The number of carbonyl (C=O) groups excluding carboxylic acids is 3. The minimum Gasteiger partial charge on any atom is -0.326 e. The van der Waals surface area contributed by atoms with Crippen molar-refractivity contribution in [1.29, 1.82) is 0 Å². The highest BCUT2D eigenvalue weighted by molar-refractivity contribution is 8.04. The Bertz CT molecular complexity index is 1190. The van der Waals surface area contributed by atoms with Gasteiger partial charge in [-0.25, -0.2) is 4.90 Å². The first kappa shape index (κ1) is 20.9. The van der Waals surface area contributed by atoms with E-state index in [-0.39, 0.29) is 17.7 Å². The fourth-order valence-corrected chi connectivity index (χ4v) is 4.33. The number of carbonyl (C=O) groups is 3. The highest BCUT2D eigenvalue weighted by Crippen LogP contribution is 2.41. The normalized spacial score (nSPS) is 13.7. The SMILES string of the molecule is CC(=O)Nc1ccc(C2=C(Sc3ccc(Cl)cc3)C(=O)N(c3ccccc3)C2=O)cc1. The molecule has 31 heavy (non-hydrogen) atoms. The van der Waals surface area contributed by atoms with Crippen molar-refractivity contribution in [3.63, 3.8) is 0 Å². The summed E-state index contributed by atoms with van der Waals surface area (Å²) in [6.45, 7) is 1.42. The molecule has 7 heteroatoms. The second kappa shape index (κ2) is 8.79. The largest absolute Gasteiger partial charge is 0.326 e. The number of nitrogens with one attached hydrogen (secondary N) is 1. The number of benzene rings is 3. The minimum atomic E-state index is -0.389. The van der Waals surface area contributed by atoms with Crippen LogP contribution in [0, 0.1) is 0 Å². The van der Waals surface area contributed by atoms with Crippen LogP contribution in [0.2, 0.25) is 5.02 Å². The van der Waals surface area contributed by atoms with Crippen LogP contribution < -0.4 is 10.2 Å². The van der Waals surface area contributed by atoms with Crippen LogP contribution in [-0.4, -0.2) is 17.7 Å². The molecule has 1 N–H and O–H groups in total. The number of imide groups is 1. The molecule has 0 unspecified atom stereocenters. The number of nitrogens with zero attached hydrogens (tertiary/aromatic N) is 1. The fraction of sp³-hybridized carbons (Fsp3) is 0.0417. The van der Waals surface area contributed by atoms with Crippen molar-refractivity contribution >= 4 is 58.0 Å². The third-order valence-electron chi connectivity index (χ3n) is 4.58. The van der Waals surface area contributed by atoms with Gasteiger partial charge < -0.3 is 5.32 Å². The first-order valence-electron chi connectivity index (χ1n) is 9.43. The monoisotopic (exact) mass is 448 g/mol. The Morgan fingerprint density at radius 3 is 2.13 bits per heavy atom. The highest BCUT2D eigenvalue weighted by atomic mass is 35.5. The molecule has 0 saturated heterocycles. The third kappa shape index (κ3) is 4.40. The average molecular weight is 449 g/mol. The number of anilines is 2. The zero-order chi connectivity index (χ0) is 22.0. The van der Waals surface area contributed by atoms with Gasteiger partial charge in [0.15, 0.2) is 0 Å². The summed E-state index contributed by atoms with van der Waals surface area (Å²) in [6.07, 6.45) is 0. The maximum Gasteiger partial charge on any atom is 0.272 e. The number of hydrogen-bond acceptors (Lipinski definition) is 4. The van der Waals surface area contributed by atoms with Crippen molar-refractivity contribution in [2.45, 2.75) is 11.8 Å². The maximum atomic E-state index is 13.4. The van der Waals surface area contributed by atoms with Crippen LogP contribution in [0.4, 0.5) is 11.4 Å². The topological polar surface area (TPSA) is 66.5 Å². The molecule has 4 rings (SSSR count). The van der Waals surface area contributed by atoms with Gasteiger partial charge in [-0.05, 0) is 54.1 Å². The molecule has 154 valence electrons. The number of rotatable bonds is 5. The Balaban J connectivity index is 1.77. The van der Waals surface area contributed by atoms with Crippen molar-refractivity contribution in [3.8, 4) is 0 Å². The average Bonchev–Trinajstić information content (AvgIpc) is 3.00. The lowest BCUT2D eigenvalue weighted by molar-refractivity contribution is -0.120. The van der Waals surface area contributed by atoms with Gasteiger partial charge in [-0.1, -0.05) is 53.7 Å². The van der Waals surface area contributed by atoms with Gasteiger partial charge in [-0.15, -0.1) is 0 Å². The molecule has 0 aromatic heterocycles. The summed E-state index contributed by atoms with van der Waals surface area (Å²) in [5.74, 6) is -0.953. The number of halogens is 1. The lowest BCUT2D eigenvalue weighted by atomic mass is 10.1. The Morgan fingerprint density at radius 2 is 1.52 bits per heavy atom. The summed E-state index contributed by atoms with van der Waals surface area (Å²) >= 11 is 7.21. The number of amides is 3. The van der Waals surface area contributed by atoms with Gasteiger partial charge >= 0.3 is 0 Å². The molecule has 0 bridgehead atoms. The van der Waals surface area contributed by atoms with Crippen molar-refractivity contribution in [3.05, 3.63) is 94.4 Å². The van der Waals surface area contributed by atoms with Gasteiger partial charge in [0.2, 0.25) is 5.91 Å². The standard InChI is InChI=1S/C24H17ClN2O3S/c1-15(28)26-18-11-7-16(8-12-18)21-22(31-20-13-9-17(25)10-14-20)24(30)27(23(21)29)19-5-3-2-4-6-19/h2-14H,1H3,(H,26,28).